The molecule has 0 radical (unpaired) electrons. The Balaban J connectivity index is 3.94. The van der Waals surface area contributed by atoms with Crippen LogP contribution < -0.4 is 5.56 Å². The van der Waals surface area contributed by atoms with E-state index in [1.807, 2.05) is 0 Å². The first-order valence-corrected chi connectivity index (χ1v) is 6.50. The highest BCUT2D eigenvalue weighted by molar-refractivity contribution is 7.90. The van der Waals surface area contributed by atoms with E-state index in [2.05, 4.69) is 0 Å². The summed E-state index contributed by atoms with van der Waals surface area (Å²) in [5.41, 5.74) is 0.696. The predicted octanol–water partition coefficient (Wildman–Crippen LogP) is 1.06. The second kappa shape index (κ2) is 3.64. The van der Waals surface area contributed by atoms with Crippen LogP contribution in [0.1, 0.15) is 11.3 Å². The Morgan fingerprint density at radius 3 is 2.13 bits per heavy atom. The standard InChI is InChI=1S/C9H12ClNO3S/c1-5-6(2)11(3)9(12)8(7(5)10)15(4,13)14/h1-4H3. The Morgan fingerprint density at radius 2 is 1.73 bits per heavy atom. The van der Waals surface area contributed by atoms with Crippen molar-refractivity contribution >= 4 is 21.4 Å². The van der Waals surface area contributed by atoms with Gasteiger partial charge in [0.05, 0.1) is 5.02 Å². The summed E-state index contributed by atoms with van der Waals surface area (Å²) in [5.74, 6) is 0. The van der Waals surface area contributed by atoms with Crippen LogP contribution in [-0.4, -0.2) is 19.2 Å². The van der Waals surface area contributed by atoms with Crippen LogP contribution >= 0.6 is 11.6 Å². The van der Waals surface area contributed by atoms with Gasteiger partial charge >= 0.3 is 0 Å². The minimum absolute atomic E-state index is 0.0260. The molecule has 1 heterocycles. The van der Waals surface area contributed by atoms with E-state index in [1.54, 1.807) is 13.8 Å². The van der Waals surface area contributed by atoms with E-state index in [0.29, 0.717) is 11.3 Å². The summed E-state index contributed by atoms with van der Waals surface area (Å²) in [7, 11) is -2.07. The lowest BCUT2D eigenvalue weighted by atomic mass is 10.2. The number of halogens is 1. The largest absolute Gasteiger partial charge is 0.315 e. The number of rotatable bonds is 1. The van der Waals surface area contributed by atoms with Gasteiger partial charge < -0.3 is 4.57 Å². The highest BCUT2D eigenvalue weighted by Gasteiger charge is 2.21. The summed E-state index contributed by atoms with van der Waals surface area (Å²) < 4.78 is 24.1. The van der Waals surface area contributed by atoms with E-state index in [1.165, 1.54) is 11.6 Å². The summed E-state index contributed by atoms with van der Waals surface area (Å²) in [6.45, 7) is 3.40. The van der Waals surface area contributed by atoms with Crippen LogP contribution in [0.3, 0.4) is 0 Å². The molecule has 0 bridgehead atoms. The number of aromatic nitrogens is 1. The molecule has 6 heteroatoms. The van der Waals surface area contributed by atoms with Gasteiger partial charge in [-0.1, -0.05) is 11.6 Å². The maximum Gasteiger partial charge on any atom is 0.270 e. The van der Waals surface area contributed by atoms with Crippen molar-refractivity contribution in [2.75, 3.05) is 6.26 Å². The topological polar surface area (TPSA) is 56.1 Å². The number of sulfone groups is 1. The van der Waals surface area contributed by atoms with Crippen molar-refractivity contribution in [1.29, 1.82) is 0 Å². The van der Waals surface area contributed by atoms with E-state index in [-0.39, 0.29) is 9.92 Å². The minimum Gasteiger partial charge on any atom is -0.315 e. The maximum absolute atomic E-state index is 11.7. The number of nitrogens with zero attached hydrogens (tertiary/aromatic N) is 1. The Kier molecular flexibility index (Phi) is 2.98. The van der Waals surface area contributed by atoms with E-state index < -0.39 is 15.4 Å². The van der Waals surface area contributed by atoms with Crippen LogP contribution in [0.15, 0.2) is 9.69 Å². The number of hydrogen-bond acceptors (Lipinski definition) is 3. The summed E-state index contributed by atoms with van der Waals surface area (Å²) in [5, 5.41) is 0.0260. The van der Waals surface area contributed by atoms with Crippen molar-refractivity contribution in [3.8, 4) is 0 Å². The zero-order valence-electron chi connectivity index (χ0n) is 8.96. The van der Waals surface area contributed by atoms with E-state index in [0.717, 1.165) is 6.26 Å². The molecule has 84 valence electrons. The van der Waals surface area contributed by atoms with Crippen molar-refractivity contribution in [2.24, 2.45) is 7.05 Å². The Labute approximate surface area is 93.4 Å². The summed E-state index contributed by atoms with van der Waals surface area (Å²) in [4.78, 5) is 11.4. The fourth-order valence-corrected chi connectivity index (χ4v) is 2.87. The van der Waals surface area contributed by atoms with Gasteiger partial charge in [-0.05, 0) is 19.4 Å². The number of pyridine rings is 1. The zero-order valence-corrected chi connectivity index (χ0v) is 10.5. The molecule has 0 aliphatic rings. The monoisotopic (exact) mass is 249 g/mol. The van der Waals surface area contributed by atoms with Gasteiger partial charge in [-0.15, -0.1) is 0 Å². The first-order valence-electron chi connectivity index (χ1n) is 4.23. The van der Waals surface area contributed by atoms with Crippen LogP contribution in [0, 0.1) is 13.8 Å². The average molecular weight is 250 g/mol. The van der Waals surface area contributed by atoms with Crippen molar-refractivity contribution in [2.45, 2.75) is 18.7 Å². The molecule has 0 saturated carbocycles. The first kappa shape index (κ1) is 12.3. The van der Waals surface area contributed by atoms with E-state index in [4.69, 9.17) is 11.6 Å². The molecule has 1 aromatic rings. The van der Waals surface area contributed by atoms with Crippen LogP contribution in [0.4, 0.5) is 0 Å². The van der Waals surface area contributed by atoms with Crippen LogP contribution in [-0.2, 0) is 16.9 Å². The molecule has 0 unspecified atom stereocenters. The Bertz CT molecular complexity index is 572. The van der Waals surface area contributed by atoms with Crippen molar-refractivity contribution in [3.63, 3.8) is 0 Å². The van der Waals surface area contributed by atoms with Gasteiger partial charge in [0.25, 0.3) is 5.56 Å². The lowest BCUT2D eigenvalue weighted by Crippen LogP contribution is -2.26. The van der Waals surface area contributed by atoms with Crippen LogP contribution in [0.2, 0.25) is 5.02 Å². The van der Waals surface area contributed by atoms with Crippen molar-refractivity contribution < 1.29 is 8.42 Å². The third-order valence-electron chi connectivity index (χ3n) is 2.44. The highest BCUT2D eigenvalue weighted by Crippen LogP contribution is 2.23. The fraction of sp³-hybridized carbons (Fsp3) is 0.444. The number of hydrogen-bond donors (Lipinski definition) is 0. The molecule has 0 amide bonds. The van der Waals surface area contributed by atoms with Gasteiger partial charge in [-0.2, -0.15) is 0 Å². The average Bonchev–Trinajstić information content (AvgIpc) is 2.09. The second-order valence-corrected chi connectivity index (χ2v) is 5.82. The SMILES string of the molecule is Cc1c(Cl)c(S(C)(=O)=O)c(=O)n(C)c1C. The van der Waals surface area contributed by atoms with Gasteiger partial charge in [0, 0.05) is 19.0 Å². The van der Waals surface area contributed by atoms with Crippen LogP contribution in [0.25, 0.3) is 0 Å². The smallest absolute Gasteiger partial charge is 0.270 e. The van der Waals surface area contributed by atoms with E-state index in [9.17, 15) is 13.2 Å². The van der Waals surface area contributed by atoms with Crippen molar-refractivity contribution in [3.05, 3.63) is 26.6 Å². The van der Waals surface area contributed by atoms with Gasteiger partial charge in [0.15, 0.2) is 14.7 Å². The first-order chi connectivity index (χ1) is 6.68. The molecule has 1 rings (SSSR count). The normalized spacial score (nSPS) is 11.8. The quantitative estimate of drug-likeness (QED) is 0.748. The summed E-state index contributed by atoms with van der Waals surface area (Å²) in [6, 6.07) is 0. The highest BCUT2D eigenvalue weighted by atomic mass is 35.5. The molecule has 0 spiro atoms. The summed E-state index contributed by atoms with van der Waals surface area (Å²) >= 11 is 5.87. The molecular formula is C9H12ClNO3S. The maximum atomic E-state index is 11.7. The third-order valence-corrected chi connectivity index (χ3v) is 4.15. The Morgan fingerprint density at radius 1 is 1.27 bits per heavy atom. The fourth-order valence-electron chi connectivity index (χ4n) is 1.30. The Hall–Kier alpha value is -0.810. The molecule has 0 aliphatic carbocycles. The van der Waals surface area contributed by atoms with Gasteiger partial charge in [-0.3, -0.25) is 4.79 Å². The lowest BCUT2D eigenvalue weighted by molar-refractivity contribution is 0.598. The van der Waals surface area contributed by atoms with E-state index >= 15 is 0 Å². The molecule has 0 saturated heterocycles. The molecule has 0 N–H and O–H groups in total. The second-order valence-electron chi connectivity index (χ2n) is 3.49. The molecular weight excluding hydrogens is 238 g/mol. The minimum atomic E-state index is -3.59. The predicted molar refractivity (Wildman–Crippen MR) is 59.3 cm³/mol. The van der Waals surface area contributed by atoms with Crippen LogP contribution in [0.5, 0.6) is 0 Å². The van der Waals surface area contributed by atoms with Gasteiger partial charge in [0.2, 0.25) is 0 Å². The lowest BCUT2D eigenvalue weighted by Gasteiger charge is -2.11. The molecule has 1 aromatic heterocycles. The molecule has 0 aliphatic heterocycles. The third kappa shape index (κ3) is 1.94. The molecule has 0 atom stereocenters. The van der Waals surface area contributed by atoms with Crippen molar-refractivity contribution in [1.82, 2.24) is 4.57 Å². The molecule has 15 heavy (non-hydrogen) atoms. The molecule has 0 fully saturated rings. The summed E-state index contributed by atoms with van der Waals surface area (Å²) in [6.07, 6.45) is 0.977. The molecule has 0 aromatic carbocycles. The van der Waals surface area contributed by atoms with Gasteiger partial charge in [0.1, 0.15) is 0 Å². The zero-order chi connectivity index (χ0) is 12.0. The van der Waals surface area contributed by atoms with Gasteiger partial charge in [-0.25, -0.2) is 8.42 Å². The molecule has 4 nitrogen and oxygen atoms in total.